The average Bonchev–Trinajstić information content (AvgIpc) is 3.20. The molecular formula is C22H18N4O4. The van der Waals surface area contributed by atoms with Gasteiger partial charge in [-0.3, -0.25) is 9.78 Å². The zero-order valence-electron chi connectivity index (χ0n) is 16.1. The first-order valence-corrected chi connectivity index (χ1v) is 9.17. The second kappa shape index (κ2) is 8.87. The Morgan fingerprint density at radius 3 is 2.27 bits per heavy atom. The third-order valence-corrected chi connectivity index (χ3v) is 4.05. The Morgan fingerprint density at radius 1 is 0.933 bits per heavy atom. The first-order chi connectivity index (χ1) is 14.7. The van der Waals surface area contributed by atoms with E-state index in [4.69, 9.17) is 14.0 Å². The van der Waals surface area contributed by atoms with E-state index in [1.165, 1.54) is 0 Å². The number of carbonyl (C=O) groups is 1. The summed E-state index contributed by atoms with van der Waals surface area (Å²) in [5, 5.41) is 6.62. The molecule has 1 N–H and O–H groups in total. The van der Waals surface area contributed by atoms with Gasteiger partial charge in [0, 0.05) is 30.6 Å². The molecule has 150 valence electrons. The number of ether oxygens (including phenoxy) is 2. The van der Waals surface area contributed by atoms with Crippen LogP contribution in [0.2, 0.25) is 0 Å². The van der Waals surface area contributed by atoms with Crippen molar-refractivity contribution in [3.63, 3.8) is 0 Å². The van der Waals surface area contributed by atoms with Crippen molar-refractivity contribution in [1.82, 2.24) is 15.1 Å². The lowest BCUT2D eigenvalue weighted by Gasteiger charge is -2.09. The SMILES string of the molecule is Cc1nc(COc2ccc(C(=O)Nc3ccc(Oc4ccncc4)cc3)cc2)no1. The summed E-state index contributed by atoms with van der Waals surface area (Å²) in [7, 11) is 0. The fraction of sp³-hybridized carbons (Fsp3) is 0.0909. The molecule has 2 aromatic carbocycles. The quantitative estimate of drug-likeness (QED) is 0.489. The molecule has 2 aromatic heterocycles. The number of anilines is 1. The van der Waals surface area contributed by atoms with E-state index in [0.29, 0.717) is 40.2 Å². The van der Waals surface area contributed by atoms with E-state index < -0.39 is 0 Å². The lowest BCUT2D eigenvalue weighted by molar-refractivity contribution is 0.102. The zero-order valence-corrected chi connectivity index (χ0v) is 16.1. The molecule has 8 heteroatoms. The van der Waals surface area contributed by atoms with Crippen LogP contribution in [0.25, 0.3) is 0 Å². The molecule has 0 fully saturated rings. The maximum atomic E-state index is 12.5. The van der Waals surface area contributed by atoms with Crippen LogP contribution in [0.3, 0.4) is 0 Å². The van der Waals surface area contributed by atoms with Crippen LogP contribution in [0.1, 0.15) is 22.1 Å². The molecule has 0 atom stereocenters. The normalized spacial score (nSPS) is 10.4. The van der Waals surface area contributed by atoms with Gasteiger partial charge in [-0.05, 0) is 60.7 Å². The average molecular weight is 402 g/mol. The van der Waals surface area contributed by atoms with E-state index >= 15 is 0 Å². The smallest absolute Gasteiger partial charge is 0.255 e. The van der Waals surface area contributed by atoms with Gasteiger partial charge < -0.3 is 19.3 Å². The third kappa shape index (κ3) is 4.99. The van der Waals surface area contributed by atoms with E-state index in [9.17, 15) is 4.79 Å². The van der Waals surface area contributed by atoms with Gasteiger partial charge in [0.15, 0.2) is 6.61 Å². The first-order valence-electron chi connectivity index (χ1n) is 9.17. The molecule has 0 radical (unpaired) electrons. The van der Waals surface area contributed by atoms with E-state index in [1.807, 2.05) is 0 Å². The van der Waals surface area contributed by atoms with Gasteiger partial charge in [0.25, 0.3) is 5.91 Å². The Labute approximate surface area is 172 Å². The van der Waals surface area contributed by atoms with Crippen LogP contribution in [-0.4, -0.2) is 21.0 Å². The van der Waals surface area contributed by atoms with Crippen molar-refractivity contribution in [2.75, 3.05) is 5.32 Å². The summed E-state index contributed by atoms with van der Waals surface area (Å²) < 4.78 is 16.2. The van der Waals surface area contributed by atoms with Crippen LogP contribution < -0.4 is 14.8 Å². The van der Waals surface area contributed by atoms with Gasteiger partial charge in [-0.25, -0.2) is 0 Å². The van der Waals surface area contributed by atoms with Gasteiger partial charge in [0.1, 0.15) is 17.2 Å². The highest BCUT2D eigenvalue weighted by Gasteiger charge is 2.08. The van der Waals surface area contributed by atoms with E-state index in [2.05, 4.69) is 20.4 Å². The minimum Gasteiger partial charge on any atom is -0.485 e. The number of benzene rings is 2. The summed E-state index contributed by atoms with van der Waals surface area (Å²) in [5.41, 5.74) is 1.17. The monoisotopic (exact) mass is 402 g/mol. The highest BCUT2D eigenvalue weighted by Crippen LogP contribution is 2.23. The summed E-state index contributed by atoms with van der Waals surface area (Å²) in [6, 6.07) is 17.5. The zero-order chi connectivity index (χ0) is 20.8. The van der Waals surface area contributed by atoms with Gasteiger partial charge >= 0.3 is 0 Å². The molecule has 1 amide bonds. The number of aryl methyl sites for hydroxylation is 1. The number of nitrogens with one attached hydrogen (secondary N) is 1. The molecule has 0 saturated carbocycles. The molecule has 4 aromatic rings. The summed E-state index contributed by atoms with van der Waals surface area (Å²) in [6.07, 6.45) is 3.32. The predicted octanol–water partition coefficient (Wildman–Crippen LogP) is 4.40. The number of rotatable bonds is 7. The highest BCUT2D eigenvalue weighted by atomic mass is 16.5. The van der Waals surface area contributed by atoms with Gasteiger partial charge in [-0.15, -0.1) is 0 Å². The number of carbonyl (C=O) groups excluding carboxylic acids is 1. The molecule has 30 heavy (non-hydrogen) atoms. The molecular weight excluding hydrogens is 384 g/mol. The number of hydrogen-bond acceptors (Lipinski definition) is 7. The second-order valence-corrected chi connectivity index (χ2v) is 6.31. The summed E-state index contributed by atoms with van der Waals surface area (Å²) in [6.45, 7) is 1.91. The van der Waals surface area contributed by atoms with Crippen molar-refractivity contribution in [3.8, 4) is 17.2 Å². The predicted molar refractivity (Wildman–Crippen MR) is 109 cm³/mol. The van der Waals surface area contributed by atoms with Crippen molar-refractivity contribution in [3.05, 3.63) is 90.3 Å². The van der Waals surface area contributed by atoms with Crippen molar-refractivity contribution >= 4 is 11.6 Å². The van der Waals surface area contributed by atoms with Crippen LogP contribution >= 0.6 is 0 Å². The van der Waals surface area contributed by atoms with Gasteiger partial charge in [0.05, 0.1) is 0 Å². The fourth-order valence-corrected chi connectivity index (χ4v) is 2.60. The molecule has 4 rings (SSSR count). The molecule has 0 saturated heterocycles. The van der Waals surface area contributed by atoms with Crippen molar-refractivity contribution < 1.29 is 18.8 Å². The number of nitrogens with zero attached hydrogens (tertiary/aromatic N) is 3. The van der Waals surface area contributed by atoms with Crippen LogP contribution in [0.5, 0.6) is 17.2 Å². The maximum absolute atomic E-state index is 12.5. The largest absolute Gasteiger partial charge is 0.485 e. The van der Waals surface area contributed by atoms with E-state index in [-0.39, 0.29) is 12.5 Å². The minimum absolute atomic E-state index is 0.191. The van der Waals surface area contributed by atoms with Gasteiger partial charge in [-0.1, -0.05) is 5.16 Å². The van der Waals surface area contributed by atoms with Crippen LogP contribution in [0, 0.1) is 6.92 Å². The fourth-order valence-electron chi connectivity index (χ4n) is 2.60. The minimum atomic E-state index is -0.224. The van der Waals surface area contributed by atoms with Crippen molar-refractivity contribution in [1.29, 1.82) is 0 Å². The molecule has 0 bridgehead atoms. The molecule has 0 aliphatic carbocycles. The third-order valence-electron chi connectivity index (χ3n) is 4.05. The molecule has 0 spiro atoms. The van der Waals surface area contributed by atoms with Crippen molar-refractivity contribution in [2.45, 2.75) is 13.5 Å². The Hall–Kier alpha value is -4.20. The Bertz CT molecular complexity index is 1110. The molecule has 0 unspecified atom stereocenters. The molecule has 8 nitrogen and oxygen atoms in total. The second-order valence-electron chi connectivity index (χ2n) is 6.31. The number of hydrogen-bond donors (Lipinski definition) is 1. The number of pyridine rings is 1. The molecule has 0 aliphatic heterocycles. The highest BCUT2D eigenvalue weighted by molar-refractivity contribution is 6.04. The van der Waals surface area contributed by atoms with Crippen LogP contribution in [-0.2, 0) is 6.61 Å². The van der Waals surface area contributed by atoms with Crippen molar-refractivity contribution in [2.24, 2.45) is 0 Å². The Balaban J connectivity index is 1.32. The Kier molecular flexibility index (Phi) is 5.66. The lowest BCUT2D eigenvalue weighted by atomic mass is 10.2. The topological polar surface area (TPSA) is 99.4 Å². The molecule has 2 heterocycles. The summed E-state index contributed by atoms with van der Waals surface area (Å²) >= 11 is 0. The lowest BCUT2D eigenvalue weighted by Crippen LogP contribution is -2.11. The van der Waals surface area contributed by atoms with E-state index in [1.54, 1.807) is 80.0 Å². The number of aromatic nitrogens is 3. The van der Waals surface area contributed by atoms with Gasteiger partial charge in [-0.2, -0.15) is 4.98 Å². The van der Waals surface area contributed by atoms with Crippen LogP contribution in [0.4, 0.5) is 5.69 Å². The summed E-state index contributed by atoms with van der Waals surface area (Å²) in [5.74, 6) is 2.68. The number of amides is 1. The van der Waals surface area contributed by atoms with Gasteiger partial charge in [0.2, 0.25) is 11.7 Å². The van der Waals surface area contributed by atoms with E-state index in [0.717, 1.165) is 0 Å². The molecule has 0 aliphatic rings. The van der Waals surface area contributed by atoms with Crippen LogP contribution in [0.15, 0.2) is 77.6 Å². The first kappa shape index (κ1) is 19.1. The Morgan fingerprint density at radius 2 is 1.60 bits per heavy atom. The summed E-state index contributed by atoms with van der Waals surface area (Å²) in [4.78, 5) is 20.5. The maximum Gasteiger partial charge on any atom is 0.255 e. The standard InChI is InChI=1S/C22H18N4O4/c1-15-24-21(26-30-15)14-28-18-6-2-16(3-7-18)22(27)25-17-4-8-19(9-5-17)29-20-10-12-23-13-11-20/h2-13H,14H2,1H3,(H,25,27).